The Morgan fingerprint density at radius 1 is 0.267 bits per heavy atom. The van der Waals surface area contributed by atoms with Crippen molar-refractivity contribution in [1.29, 1.82) is 0 Å². The first kappa shape index (κ1) is 38.3. The summed E-state index contributed by atoms with van der Waals surface area (Å²) in [6, 6.07) is 64.7. The van der Waals surface area contributed by atoms with Gasteiger partial charge in [-0.25, -0.2) is 0 Å². The monoisotopic (exact) mass is 716 g/mol. The second-order valence-corrected chi connectivity index (χ2v) is 13.5. The van der Waals surface area contributed by atoms with Crippen LogP contribution in [-0.4, -0.2) is 0 Å². The summed E-state index contributed by atoms with van der Waals surface area (Å²) >= 11 is -0.833. The summed E-state index contributed by atoms with van der Waals surface area (Å²) in [5.74, 6) is 0. The molecular weight excluding hydrogens is 688 g/mol. The molecule has 0 spiro atoms. The molecule has 0 amide bonds. The van der Waals surface area contributed by atoms with E-state index in [9.17, 15) is 0 Å². The van der Waals surface area contributed by atoms with E-state index in [4.69, 9.17) is 18.6 Å². The van der Waals surface area contributed by atoms with Crippen LogP contribution < -0.4 is 50.5 Å². The van der Waals surface area contributed by atoms with E-state index in [-0.39, 0.29) is 16.5 Å². The van der Waals surface area contributed by atoms with Gasteiger partial charge in [0.1, 0.15) is 0 Å². The van der Waals surface area contributed by atoms with Gasteiger partial charge < -0.3 is 18.6 Å². The van der Waals surface area contributed by atoms with Crippen LogP contribution in [0.4, 0.5) is 0 Å². The van der Waals surface area contributed by atoms with Gasteiger partial charge in [-0.3, -0.25) is 0 Å². The van der Waals surface area contributed by atoms with Crippen molar-refractivity contribution in [3.63, 3.8) is 0 Å². The molecular formula is C36H30Cl2NiO4P2. The van der Waals surface area contributed by atoms with Gasteiger partial charge in [0.2, 0.25) is 0 Å². The topological polar surface area (TPSA) is 92.2 Å². The van der Waals surface area contributed by atoms with Crippen molar-refractivity contribution in [2.24, 2.45) is 0 Å². The molecule has 0 fully saturated rings. The van der Waals surface area contributed by atoms with Gasteiger partial charge in [-0.15, -0.1) is 0 Å². The van der Waals surface area contributed by atoms with Crippen molar-refractivity contribution in [3.8, 4) is 0 Å². The Hall–Kier alpha value is -2.91. The van der Waals surface area contributed by atoms with Crippen LogP contribution >= 0.6 is 15.8 Å². The van der Waals surface area contributed by atoms with E-state index in [1.807, 2.05) is 0 Å². The molecule has 0 unspecified atom stereocenters. The molecule has 0 aliphatic rings. The van der Waals surface area contributed by atoms with Crippen molar-refractivity contribution in [2.45, 2.75) is 0 Å². The Kier molecular flexibility index (Phi) is 19.9. The smallest absolute Gasteiger partial charge is 0.544 e. The summed E-state index contributed by atoms with van der Waals surface area (Å²) in [7, 11) is -0.892. The third kappa shape index (κ3) is 13.2. The van der Waals surface area contributed by atoms with Crippen molar-refractivity contribution < 1.29 is 57.8 Å². The maximum atomic E-state index is 8.24. The number of hydrogen-bond donors (Lipinski definition) is 0. The van der Waals surface area contributed by atoms with Gasteiger partial charge in [0.25, 0.3) is 0 Å². The number of hydrogen-bond acceptors (Lipinski definition) is 4. The van der Waals surface area contributed by atoms with Gasteiger partial charge in [-0.05, 0) is 47.7 Å². The molecule has 6 aromatic carbocycles. The van der Waals surface area contributed by atoms with E-state index in [1.165, 1.54) is 31.8 Å². The summed E-state index contributed by atoms with van der Waals surface area (Å²) in [4.78, 5) is 0. The van der Waals surface area contributed by atoms with E-state index >= 15 is 0 Å². The van der Waals surface area contributed by atoms with Crippen molar-refractivity contribution in [2.75, 3.05) is 0 Å². The summed E-state index contributed by atoms with van der Waals surface area (Å²) < 4.78 is 32.9. The van der Waals surface area contributed by atoms with Gasteiger partial charge in [0.15, 0.2) is 0 Å². The van der Waals surface area contributed by atoms with Gasteiger partial charge in [-0.1, -0.05) is 182 Å². The zero-order valence-corrected chi connectivity index (χ0v) is 28.2. The molecule has 0 saturated heterocycles. The van der Waals surface area contributed by atoms with Crippen LogP contribution in [0.15, 0.2) is 182 Å². The van der Waals surface area contributed by atoms with Crippen LogP contribution in [0.5, 0.6) is 0 Å². The molecule has 0 radical (unpaired) electrons. The molecule has 0 aliphatic heterocycles. The molecule has 6 aromatic rings. The fourth-order valence-corrected chi connectivity index (χ4v) is 8.97. The fraction of sp³-hybridized carbons (Fsp3) is 0. The Labute approximate surface area is 286 Å². The number of benzene rings is 6. The van der Waals surface area contributed by atoms with Crippen LogP contribution in [-0.2, 0) is 16.5 Å². The van der Waals surface area contributed by atoms with Crippen molar-refractivity contribution in [3.05, 3.63) is 182 Å². The molecule has 45 heavy (non-hydrogen) atoms. The molecule has 0 saturated carbocycles. The normalized spacial score (nSPS) is 9.73. The van der Waals surface area contributed by atoms with E-state index in [1.54, 1.807) is 0 Å². The van der Waals surface area contributed by atoms with Crippen LogP contribution in [0.2, 0.25) is 0 Å². The first-order chi connectivity index (χ1) is 21.7. The molecule has 4 nitrogen and oxygen atoms in total. The van der Waals surface area contributed by atoms with Gasteiger partial charge in [0, 0.05) is 0 Å². The van der Waals surface area contributed by atoms with Crippen molar-refractivity contribution >= 4 is 47.7 Å². The molecule has 0 aromatic heterocycles. The molecule has 0 N–H and O–H groups in total. The Balaban J connectivity index is 0.000000262. The van der Waals surface area contributed by atoms with Crippen LogP contribution in [0, 0.1) is 22.7 Å². The van der Waals surface area contributed by atoms with Crippen molar-refractivity contribution in [1.82, 2.24) is 0 Å². The quantitative estimate of drug-likeness (QED) is 0.195. The third-order valence-corrected chi connectivity index (χ3v) is 11.0. The summed E-state index contributed by atoms with van der Waals surface area (Å²) in [5.41, 5.74) is 0. The standard InChI is InChI=1S/2C18H15P.2ClO2.Ni/c2*1-4-10-16(11-5-1)19(17-12-6-2-7-13-17)18-14-8-3-9-15-18;2*2-1-3;/h2*1-15H;;;/q;;2*-1;+2. The zero-order valence-electron chi connectivity index (χ0n) is 23.9. The fourth-order valence-electron chi connectivity index (χ4n) is 4.36. The predicted molar refractivity (Wildman–Crippen MR) is 170 cm³/mol. The predicted octanol–water partition coefficient (Wildman–Crippen LogP) is 2.13. The number of halogens is 2. The largest absolute Gasteiger partial charge is 2.00 e. The van der Waals surface area contributed by atoms with Crippen LogP contribution in [0.1, 0.15) is 0 Å². The molecule has 9 heteroatoms. The second kappa shape index (κ2) is 23.4. The van der Waals surface area contributed by atoms with E-state index in [2.05, 4.69) is 182 Å². The van der Waals surface area contributed by atoms with Crippen LogP contribution in [0.3, 0.4) is 0 Å². The van der Waals surface area contributed by atoms with Crippen LogP contribution in [0.25, 0.3) is 0 Å². The van der Waals surface area contributed by atoms with Gasteiger partial charge in [0.05, 0.1) is 22.7 Å². The second-order valence-electron chi connectivity index (χ2n) is 8.81. The van der Waals surface area contributed by atoms with Gasteiger partial charge in [-0.2, -0.15) is 0 Å². The SMILES string of the molecule is [Ni+2].[O-][Cl+][O-].[O-][Cl+][O-].c1ccc(P(c2ccccc2)c2ccccc2)cc1.c1ccc(P(c2ccccc2)c2ccccc2)cc1. The molecule has 232 valence electrons. The average molecular weight is 718 g/mol. The zero-order chi connectivity index (χ0) is 31.2. The Morgan fingerprint density at radius 2 is 0.378 bits per heavy atom. The minimum atomic E-state index is -0.446. The molecule has 0 aliphatic carbocycles. The molecule has 6 rings (SSSR count). The summed E-state index contributed by atoms with van der Waals surface area (Å²) in [6.07, 6.45) is 0. The van der Waals surface area contributed by atoms with Gasteiger partial charge >= 0.3 is 16.5 Å². The first-order valence-corrected chi connectivity index (χ1v) is 17.3. The molecule has 0 bridgehead atoms. The minimum absolute atomic E-state index is 0. The van der Waals surface area contributed by atoms with E-state index in [0.29, 0.717) is 0 Å². The van der Waals surface area contributed by atoms with E-state index < -0.39 is 38.5 Å². The maximum absolute atomic E-state index is 8.24. The van der Waals surface area contributed by atoms with E-state index in [0.717, 1.165) is 0 Å². The number of rotatable bonds is 6. The minimum Gasteiger partial charge on any atom is -0.544 e. The Morgan fingerprint density at radius 3 is 0.489 bits per heavy atom. The molecule has 0 heterocycles. The first-order valence-electron chi connectivity index (χ1n) is 13.4. The molecule has 0 atom stereocenters. The third-order valence-electron chi connectivity index (χ3n) is 6.09. The average Bonchev–Trinajstić information content (AvgIpc) is 3.09. The summed E-state index contributed by atoms with van der Waals surface area (Å²) in [6.45, 7) is 0. The maximum Gasteiger partial charge on any atom is 2.00 e. The Bertz CT molecular complexity index is 1240. The summed E-state index contributed by atoms with van der Waals surface area (Å²) in [5, 5.41) is 8.39.